The first kappa shape index (κ1) is 16.1. The smallest absolute Gasteiger partial charge is 0.124 e. The number of hydrogen-bond donors (Lipinski definition) is 1. The van der Waals surface area contributed by atoms with Crippen molar-refractivity contribution < 1.29 is 9.47 Å². The van der Waals surface area contributed by atoms with Crippen LogP contribution in [-0.2, 0) is 6.54 Å². The van der Waals surface area contributed by atoms with E-state index in [-0.39, 0.29) is 0 Å². The Bertz CT molecular complexity index is 417. The van der Waals surface area contributed by atoms with Crippen molar-refractivity contribution in [3.05, 3.63) is 23.8 Å². The predicted molar refractivity (Wildman–Crippen MR) is 86.2 cm³/mol. The lowest BCUT2D eigenvalue weighted by molar-refractivity contribution is 0.261. The first-order chi connectivity index (χ1) is 10.3. The number of nitrogens with zero attached hydrogens (tertiary/aromatic N) is 1. The van der Waals surface area contributed by atoms with Gasteiger partial charge in [0.05, 0.1) is 13.7 Å². The molecule has 0 aliphatic carbocycles. The topological polar surface area (TPSA) is 33.7 Å². The molecule has 0 bridgehead atoms. The van der Waals surface area contributed by atoms with E-state index < -0.39 is 0 Å². The SMILES string of the molecule is CCNCc1cc(OC)ccc1OCCCN1CCCC1. The average molecular weight is 292 g/mol. The van der Waals surface area contributed by atoms with E-state index in [0.29, 0.717) is 0 Å². The fourth-order valence-electron chi connectivity index (χ4n) is 2.70. The second-order valence-corrected chi connectivity index (χ2v) is 5.50. The number of methoxy groups -OCH3 is 1. The van der Waals surface area contributed by atoms with Crippen LogP contribution in [0.15, 0.2) is 18.2 Å². The first-order valence-corrected chi connectivity index (χ1v) is 8.06. The van der Waals surface area contributed by atoms with E-state index in [2.05, 4.69) is 23.2 Å². The Morgan fingerprint density at radius 3 is 2.76 bits per heavy atom. The number of likely N-dealkylation sites (tertiary alicyclic amines) is 1. The molecule has 118 valence electrons. The van der Waals surface area contributed by atoms with Crippen LogP contribution in [0, 0.1) is 0 Å². The van der Waals surface area contributed by atoms with Gasteiger partial charge in [0, 0.05) is 18.7 Å². The minimum atomic E-state index is 0.780. The molecule has 0 aromatic heterocycles. The summed E-state index contributed by atoms with van der Waals surface area (Å²) in [6, 6.07) is 6.03. The number of benzene rings is 1. The summed E-state index contributed by atoms with van der Waals surface area (Å²) in [5, 5.41) is 3.35. The Hall–Kier alpha value is -1.26. The summed E-state index contributed by atoms with van der Waals surface area (Å²) in [5.74, 6) is 1.85. The second-order valence-electron chi connectivity index (χ2n) is 5.50. The van der Waals surface area contributed by atoms with Gasteiger partial charge in [-0.3, -0.25) is 0 Å². The highest BCUT2D eigenvalue weighted by Crippen LogP contribution is 2.24. The highest BCUT2D eigenvalue weighted by molar-refractivity contribution is 5.40. The van der Waals surface area contributed by atoms with Crippen LogP contribution in [0.3, 0.4) is 0 Å². The van der Waals surface area contributed by atoms with Crippen molar-refractivity contribution in [2.75, 3.05) is 39.9 Å². The van der Waals surface area contributed by atoms with Crippen molar-refractivity contribution in [3.63, 3.8) is 0 Å². The second kappa shape index (κ2) is 8.90. The molecule has 4 heteroatoms. The fourth-order valence-corrected chi connectivity index (χ4v) is 2.70. The molecule has 21 heavy (non-hydrogen) atoms. The quantitative estimate of drug-likeness (QED) is 0.710. The molecule has 1 heterocycles. The predicted octanol–water partition coefficient (Wildman–Crippen LogP) is 2.67. The molecular formula is C17H28N2O2. The first-order valence-electron chi connectivity index (χ1n) is 8.06. The zero-order valence-corrected chi connectivity index (χ0v) is 13.4. The fraction of sp³-hybridized carbons (Fsp3) is 0.647. The van der Waals surface area contributed by atoms with Gasteiger partial charge in [0.25, 0.3) is 0 Å². The largest absolute Gasteiger partial charge is 0.497 e. The molecule has 1 aromatic rings. The van der Waals surface area contributed by atoms with Gasteiger partial charge in [-0.1, -0.05) is 6.92 Å². The lowest BCUT2D eigenvalue weighted by Crippen LogP contribution is -2.22. The zero-order valence-electron chi connectivity index (χ0n) is 13.4. The van der Waals surface area contributed by atoms with Crippen LogP contribution >= 0.6 is 0 Å². The molecule has 0 unspecified atom stereocenters. The lowest BCUT2D eigenvalue weighted by atomic mass is 10.2. The molecule has 1 N–H and O–H groups in total. The standard InChI is InChI=1S/C17H28N2O2/c1-3-18-14-15-13-16(20-2)7-8-17(15)21-12-6-11-19-9-4-5-10-19/h7-8,13,18H,3-6,9-12,14H2,1-2H3. The van der Waals surface area contributed by atoms with Crippen LogP contribution in [0.5, 0.6) is 11.5 Å². The van der Waals surface area contributed by atoms with Gasteiger partial charge in [0.15, 0.2) is 0 Å². The summed E-state index contributed by atoms with van der Waals surface area (Å²) in [5.41, 5.74) is 1.16. The third-order valence-electron chi connectivity index (χ3n) is 3.91. The Kier molecular flexibility index (Phi) is 6.83. The van der Waals surface area contributed by atoms with Gasteiger partial charge in [-0.25, -0.2) is 0 Å². The van der Waals surface area contributed by atoms with E-state index in [1.165, 1.54) is 25.9 Å². The molecule has 1 aliphatic rings. The summed E-state index contributed by atoms with van der Waals surface area (Å²) in [6.45, 7) is 8.32. The molecular weight excluding hydrogens is 264 g/mol. The molecule has 1 saturated heterocycles. The maximum absolute atomic E-state index is 5.97. The van der Waals surface area contributed by atoms with Crippen LogP contribution < -0.4 is 14.8 Å². The molecule has 1 aromatic carbocycles. The van der Waals surface area contributed by atoms with Crippen molar-refractivity contribution in [2.45, 2.75) is 32.7 Å². The monoisotopic (exact) mass is 292 g/mol. The third-order valence-corrected chi connectivity index (χ3v) is 3.91. The van der Waals surface area contributed by atoms with E-state index >= 15 is 0 Å². The van der Waals surface area contributed by atoms with Crippen molar-refractivity contribution >= 4 is 0 Å². The zero-order chi connectivity index (χ0) is 14.9. The van der Waals surface area contributed by atoms with Gasteiger partial charge in [-0.05, 0) is 57.1 Å². The molecule has 1 fully saturated rings. The number of hydrogen-bond acceptors (Lipinski definition) is 4. The van der Waals surface area contributed by atoms with E-state index in [9.17, 15) is 0 Å². The minimum Gasteiger partial charge on any atom is -0.497 e. The highest BCUT2D eigenvalue weighted by atomic mass is 16.5. The van der Waals surface area contributed by atoms with E-state index in [1.807, 2.05) is 12.1 Å². The molecule has 0 amide bonds. The van der Waals surface area contributed by atoms with Gasteiger partial charge in [-0.15, -0.1) is 0 Å². The normalized spacial score (nSPS) is 15.3. The Balaban J connectivity index is 1.82. The summed E-state index contributed by atoms with van der Waals surface area (Å²) in [6.07, 6.45) is 3.80. The summed E-state index contributed by atoms with van der Waals surface area (Å²) >= 11 is 0. The highest BCUT2D eigenvalue weighted by Gasteiger charge is 2.11. The van der Waals surface area contributed by atoms with Crippen LogP contribution in [0.25, 0.3) is 0 Å². The Morgan fingerprint density at radius 1 is 1.24 bits per heavy atom. The van der Waals surface area contributed by atoms with Crippen LogP contribution in [0.4, 0.5) is 0 Å². The Morgan fingerprint density at radius 2 is 2.05 bits per heavy atom. The van der Waals surface area contributed by atoms with Crippen LogP contribution in [0.1, 0.15) is 31.7 Å². The van der Waals surface area contributed by atoms with E-state index in [1.54, 1.807) is 7.11 Å². The molecule has 2 rings (SSSR count). The van der Waals surface area contributed by atoms with Gasteiger partial charge < -0.3 is 19.7 Å². The molecule has 0 spiro atoms. The average Bonchev–Trinajstić information content (AvgIpc) is 3.03. The third kappa shape index (κ3) is 5.21. The minimum absolute atomic E-state index is 0.780. The number of nitrogens with one attached hydrogen (secondary N) is 1. The van der Waals surface area contributed by atoms with Gasteiger partial charge >= 0.3 is 0 Å². The van der Waals surface area contributed by atoms with Crippen molar-refractivity contribution in [1.29, 1.82) is 0 Å². The molecule has 0 radical (unpaired) electrons. The molecule has 1 aliphatic heterocycles. The van der Waals surface area contributed by atoms with Crippen molar-refractivity contribution in [3.8, 4) is 11.5 Å². The summed E-state index contributed by atoms with van der Waals surface area (Å²) < 4.78 is 11.3. The number of rotatable bonds is 9. The Labute approximate surface area is 128 Å². The van der Waals surface area contributed by atoms with Crippen LogP contribution in [-0.4, -0.2) is 44.8 Å². The lowest BCUT2D eigenvalue weighted by Gasteiger charge is -2.16. The summed E-state index contributed by atoms with van der Waals surface area (Å²) in [7, 11) is 1.70. The molecule has 0 atom stereocenters. The van der Waals surface area contributed by atoms with E-state index in [4.69, 9.17) is 9.47 Å². The summed E-state index contributed by atoms with van der Waals surface area (Å²) in [4.78, 5) is 2.52. The van der Waals surface area contributed by atoms with Gasteiger partial charge in [-0.2, -0.15) is 0 Å². The van der Waals surface area contributed by atoms with Gasteiger partial charge in [0.1, 0.15) is 11.5 Å². The molecule has 0 saturated carbocycles. The number of ether oxygens (including phenoxy) is 2. The van der Waals surface area contributed by atoms with E-state index in [0.717, 1.165) is 49.7 Å². The van der Waals surface area contributed by atoms with Crippen LogP contribution in [0.2, 0.25) is 0 Å². The van der Waals surface area contributed by atoms with Crippen molar-refractivity contribution in [1.82, 2.24) is 10.2 Å². The van der Waals surface area contributed by atoms with Crippen molar-refractivity contribution in [2.24, 2.45) is 0 Å². The maximum atomic E-state index is 5.97. The van der Waals surface area contributed by atoms with Gasteiger partial charge in [0.2, 0.25) is 0 Å². The molecule has 4 nitrogen and oxygen atoms in total. The maximum Gasteiger partial charge on any atom is 0.124 e.